The Bertz CT molecular complexity index is 399. The number of nitrogens with zero attached hydrogens (tertiary/aromatic N) is 1. The van der Waals surface area contributed by atoms with Gasteiger partial charge < -0.3 is 9.64 Å². The summed E-state index contributed by atoms with van der Waals surface area (Å²) in [6, 6.07) is 0. The third-order valence-corrected chi connectivity index (χ3v) is 5.50. The molecule has 2 aliphatic rings. The molecule has 1 aliphatic carbocycles. The smallest absolute Gasteiger partial charge is 0.309 e. The molecule has 4 nitrogen and oxygen atoms in total. The topological polar surface area (TPSA) is 46.6 Å². The van der Waals surface area contributed by atoms with Gasteiger partial charge >= 0.3 is 5.97 Å². The first-order chi connectivity index (χ1) is 10.4. The summed E-state index contributed by atoms with van der Waals surface area (Å²) in [5.74, 6) is 1.75. The molecule has 22 heavy (non-hydrogen) atoms. The van der Waals surface area contributed by atoms with Gasteiger partial charge in [-0.05, 0) is 43.4 Å². The molecule has 1 aliphatic heterocycles. The fourth-order valence-electron chi connectivity index (χ4n) is 3.93. The number of esters is 1. The van der Waals surface area contributed by atoms with Crippen LogP contribution in [-0.4, -0.2) is 36.0 Å². The van der Waals surface area contributed by atoms with E-state index in [1.54, 1.807) is 6.92 Å². The first-order valence-electron chi connectivity index (χ1n) is 8.84. The van der Waals surface area contributed by atoms with Crippen LogP contribution in [0.2, 0.25) is 0 Å². The van der Waals surface area contributed by atoms with E-state index < -0.39 is 0 Å². The fourth-order valence-corrected chi connectivity index (χ4v) is 3.93. The molecule has 0 radical (unpaired) electrons. The highest BCUT2D eigenvalue weighted by Crippen LogP contribution is 2.36. The van der Waals surface area contributed by atoms with Gasteiger partial charge in [0.05, 0.1) is 5.92 Å². The van der Waals surface area contributed by atoms with Crippen molar-refractivity contribution in [2.24, 2.45) is 23.7 Å². The summed E-state index contributed by atoms with van der Waals surface area (Å²) in [5, 5.41) is 0. The molecule has 126 valence electrons. The number of hydrogen-bond acceptors (Lipinski definition) is 3. The first kappa shape index (κ1) is 17.3. The number of rotatable bonds is 3. The van der Waals surface area contributed by atoms with Crippen LogP contribution in [0.15, 0.2) is 0 Å². The van der Waals surface area contributed by atoms with E-state index in [-0.39, 0.29) is 23.9 Å². The van der Waals surface area contributed by atoms with Crippen LogP contribution in [-0.2, 0) is 14.3 Å². The highest BCUT2D eigenvalue weighted by Gasteiger charge is 2.35. The van der Waals surface area contributed by atoms with Crippen molar-refractivity contribution in [2.45, 2.75) is 65.9 Å². The second-order valence-corrected chi connectivity index (χ2v) is 7.58. The molecule has 0 spiro atoms. The maximum absolute atomic E-state index is 12.5. The number of hydrogen-bond donors (Lipinski definition) is 0. The molecule has 0 aromatic carbocycles. The molecule has 2 fully saturated rings. The average Bonchev–Trinajstić information content (AvgIpc) is 2.47. The van der Waals surface area contributed by atoms with Gasteiger partial charge in [0.25, 0.3) is 0 Å². The maximum atomic E-state index is 12.5. The molecular formula is C18H31NO3. The predicted octanol–water partition coefficient (Wildman–Crippen LogP) is 3.25. The van der Waals surface area contributed by atoms with Crippen molar-refractivity contribution >= 4 is 11.9 Å². The molecular weight excluding hydrogens is 278 g/mol. The van der Waals surface area contributed by atoms with Crippen molar-refractivity contribution in [2.75, 3.05) is 13.1 Å². The molecule has 0 N–H and O–H groups in total. The SMILES string of the molecule is CC(=O)N1CCC(C(=O)O[C@H]2C[C@@H](C)CC[C@@H]2C(C)C)CC1. The van der Waals surface area contributed by atoms with Crippen LogP contribution < -0.4 is 0 Å². The molecule has 0 aromatic rings. The van der Waals surface area contributed by atoms with Crippen molar-refractivity contribution in [1.82, 2.24) is 4.90 Å². The largest absolute Gasteiger partial charge is 0.462 e. The molecule has 0 bridgehead atoms. The summed E-state index contributed by atoms with van der Waals surface area (Å²) in [6.45, 7) is 9.67. The van der Waals surface area contributed by atoms with Gasteiger partial charge in [-0.15, -0.1) is 0 Å². The van der Waals surface area contributed by atoms with E-state index in [4.69, 9.17) is 4.74 Å². The normalized spacial score (nSPS) is 30.4. The van der Waals surface area contributed by atoms with E-state index in [9.17, 15) is 9.59 Å². The molecule has 0 aromatic heterocycles. The minimum absolute atomic E-state index is 0.0272. The summed E-state index contributed by atoms with van der Waals surface area (Å²) in [4.78, 5) is 25.7. The molecule has 3 atom stereocenters. The Morgan fingerprint density at radius 3 is 2.27 bits per heavy atom. The van der Waals surface area contributed by atoms with E-state index in [0.29, 0.717) is 30.8 Å². The van der Waals surface area contributed by atoms with Crippen molar-refractivity contribution < 1.29 is 14.3 Å². The second-order valence-electron chi connectivity index (χ2n) is 7.58. The minimum Gasteiger partial charge on any atom is -0.462 e. The summed E-state index contributed by atoms with van der Waals surface area (Å²) in [5.41, 5.74) is 0. The number of carbonyl (C=O) groups is 2. The van der Waals surface area contributed by atoms with E-state index >= 15 is 0 Å². The van der Waals surface area contributed by atoms with Gasteiger partial charge in [-0.1, -0.05) is 27.2 Å². The highest BCUT2D eigenvalue weighted by molar-refractivity contribution is 5.75. The summed E-state index contributed by atoms with van der Waals surface area (Å²) >= 11 is 0. The van der Waals surface area contributed by atoms with Gasteiger partial charge in [-0.3, -0.25) is 9.59 Å². The minimum atomic E-state index is -0.0343. The summed E-state index contributed by atoms with van der Waals surface area (Å²) in [6.07, 6.45) is 4.98. The Morgan fingerprint density at radius 1 is 1.09 bits per heavy atom. The monoisotopic (exact) mass is 309 g/mol. The van der Waals surface area contributed by atoms with Crippen LogP contribution in [0.25, 0.3) is 0 Å². The summed E-state index contributed by atoms with van der Waals surface area (Å²) < 4.78 is 5.93. The lowest BCUT2D eigenvalue weighted by Gasteiger charge is -2.38. The van der Waals surface area contributed by atoms with Crippen LogP contribution in [0.4, 0.5) is 0 Å². The second kappa shape index (κ2) is 7.47. The lowest BCUT2D eigenvalue weighted by atomic mass is 9.75. The molecule has 4 heteroatoms. The average molecular weight is 309 g/mol. The maximum Gasteiger partial charge on any atom is 0.309 e. The van der Waals surface area contributed by atoms with Gasteiger partial charge in [0.15, 0.2) is 0 Å². The Labute approximate surface area is 134 Å². The van der Waals surface area contributed by atoms with Gasteiger partial charge in [0.2, 0.25) is 5.91 Å². The zero-order valence-corrected chi connectivity index (χ0v) is 14.5. The number of ether oxygens (including phenoxy) is 1. The zero-order chi connectivity index (χ0) is 16.3. The van der Waals surface area contributed by atoms with E-state index in [1.807, 2.05) is 4.90 Å². The van der Waals surface area contributed by atoms with Crippen LogP contribution in [0.1, 0.15) is 59.8 Å². The fraction of sp³-hybridized carbons (Fsp3) is 0.889. The predicted molar refractivity (Wildman–Crippen MR) is 86.2 cm³/mol. The van der Waals surface area contributed by atoms with E-state index in [0.717, 1.165) is 19.3 Å². The Balaban J connectivity index is 1.89. The van der Waals surface area contributed by atoms with Gasteiger partial charge in [-0.25, -0.2) is 0 Å². The number of carbonyl (C=O) groups excluding carboxylic acids is 2. The van der Waals surface area contributed by atoms with Crippen molar-refractivity contribution in [3.8, 4) is 0 Å². The van der Waals surface area contributed by atoms with Crippen molar-refractivity contribution in [1.29, 1.82) is 0 Å². The third-order valence-electron chi connectivity index (χ3n) is 5.50. The highest BCUT2D eigenvalue weighted by atomic mass is 16.5. The van der Waals surface area contributed by atoms with Gasteiger partial charge in [0, 0.05) is 20.0 Å². The molecule has 1 heterocycles. The van der Waals surface area contributed by atoms with Crippen LogP contribution in [0, 0.1) is 23.7 Å². The Hall–Kier alpha value is -1.06. The van der Waals surface area contributed by atoms with Crippen molar-refractivity contribution in [3.05, 3.63) is 0 Å². The number of amides is 1. The van der Waals surface area contributed by atoms with Gasteiger partial charge in [0.1, 0.15) is 6.10 Å². The standard InChI is InChI=1S/C18H31NO3/c1-12(2)16-6-5-13(3)11-17(16)22-18(21)15-7-9-19(10-8-15)14(4)20/h12-13,15-17H,5-11H2,1-4H3/t13-,16+,17-/m0/s1. The molecule has 0 unspecified atom stereocenters. The number of likely N-dealkylation sites (tertiary alicyclic amines) is 1. The van der Waals surface area contributed by atoms with E-state index in [1.165, 1.54) is 12.8 Å². The van der Waals surface area contributed by atoms with Crippen molar-refractivity contribution in [3.63, 3.8) is 0 Å². The molecule has 1 amide bonds. The Kier molecular flexibility index (Phi) is 5.87. The van der Waals surface area contributed by atoms with Crippen LogP contribution >= 0.6 is 0 Å². The molecule has 1 saturated carbocycles. The quantitative estimate of drug-likeness (QED) is 0.752. The molecule has 2 rings (SSSR count). The lowest BCUT2D eigenvalue weighted by Crippen LogP contribution is -2.42. The van der Waals surface area contributed by atoms with Crippen LogP contribution in [0.5, 0.6) is 0 Å². The van der Waals surface area contributed by atoms with Gasteiger partial charge in [-0.2, -0.15) is 0 Å². The third kappa shape index (κ3) is 4.23. The Morgan fingerprint density at radius 2 is 1.73 bits per heavy atom. The van der Waals surface area contributed by atoms with Crippen LogP contribution in [0.3, 0.4) is 0 Å². The lowest BCUT2D eigenvalue weighted by molar-refractivity contribution is -0.163. The van der Waals surface area contributed by atoms with E-state index in [2.05, 4.69) is 20.8 Å². The first-order valence-corrected chi connectivity index (χ1v) is 8.84. The molecule has 1 saturated heterocycles. The zero-order valence-electron chi connectivity index (χ0n) is 14.5. The summed E-state index contributed by atoms with van der Waals surface area (Å²) in [7, 11) is 0. The number of piperidine rings is 1.